The zero-order valence-electron chi connectivity index (χ0n) is 7.92. The van der Waals surface area contributed by atoms with Crippen LogP contribution in [-0.2, 0) is 0 Å². The Labute approximate surface area is 94.7 Å². The third-order valence-electron chi connectivity index (χ3n) is 2.58. The van der Waals surface area contributed by atoms with Crippen LogP contribution in [0.1, 0.15) is 23.6 Å². The molecule has 1 aliphatic rings. The quantitative estimate of drug-likeness (QED) is 0.713. The van der Waals surface area contributed by atoms with Gasteiger partial charge < -0.3 is 0 Å². The van der Waals surface area contributed by atoms with Crippen molar-refractivity contribution in [2.75, 3.05) is 0 Å². The number of aromatic nitrogens is 1. The molecule has 2 atom stereocenters. The van der Waals surface area contributed by atoms with E-state index >= 15 is 0 Å². The molecule has 0 unspecified atom stereocenters. The van der Waals surface area contributed by atoms with Crippen LogP contribution < -0.4 is 0 Å². The maximum absolute atomic E-state index is 12.3. The molecule has 1 fully saturated rings. The largest absolute Gasteiger partial charge is 0.392 e. The summed E-state index contributed by atoms with van der Waals surface area (Å²) in [4.78, 5) is 3.81. The summed E-state index contributed by atoms with van der Waals surface area (Å²) in [6.07, 6.45) is -4.12. The Balaban J connectivity index is 2.20. The van der Waals surface area contributed by atoms with Crippen LogP contribution in [0, 0.1) is 17.2 Å². The van der Waals surface area contributed by atoms with Crippen LogP contribution in [0.15, 0.2) is 12.1 Å². The summed E-state index contributed by atoms with van der Waals surface area (Å²) in [5.41, 5.74) is 0.487. The number of nitrogens with zero attached hydrogens (tertiary/aromatic N) is 2. The van der Waals surface area contributed by atoms with Crippen molar-refractivity contribution in [3.63, 3.8) is 0 Å². The molecule has 0 amide bonds. The van der Waals surface area contributed by atoms with E-state index in [1.165, 1.54) is 12.1 Å². The predicted octanol–water partition coefficient (Wildman–Crippen LogP) is 3.27. The fraction of sp³-hybridized carbons (Fsp3) is 0.400. The first kappa shape index (κ1) is 11.2. The lowest BCUT2D eigenvalue weighted by Crippen LogP contribution is -2.11. The standard InChI is InChI=1S/C10H6ClF3N2/c11-9-5(4-15)1-2-8(16-9)6-3-7(6)10(12,13)14/h1-2,6-7H,3H2/t6-,7-/m1/s1. The molecular weight excluding hydrogens is 241 g/mol. The molecular formula is C10H6ClF3N2. The van der Waals surface area contributed by atoms with Gasteiger partial charge in [0.05, 0.1) is 11.5 Å². The fourth-order valence-corrected chi connectivity index (χ4v) is 1.82. The third-order valence-corrected chi connectivity index (χ3v) is 2.87. The molecule has 0 spiro atoms. The van der Waals surface area contributed by atoms with Crippen molar-refractivity contribution in [2.45, 2.75) is 18.5 Å². The molecule has 0 N–H and O–H groups in total. The predicted molar refractivity (Wildman–Crippen MR) is 50.9 cm³/mol. The van der Waals surface area contributed by atoms with E-state index in [9.17, 15) is 13.2 Å². The van der Waals surface area contributed by atoms with E-state index in [0.717, 1.165) is 0 Å². The summed E-state index contributed by atoms with van der Waals surface area (Å²) in [5, 5.41) is 8.56. The monoisotopic (exact) mass is 246 g/mol. The number of hydrogen-bond acceptors (Lipinski definition) is 2. The Morgan fingerprint density at radius 3 is 2.56 bits per heavy atom. The summed E-state index contributed by atoms with van der Waals surface area (Å²) < 4.78 is 36.9. The first-order valence-corrected chi connectivity index (χ1v) is 4.94. The Bertz CT molecular complexity index is 464. The molecule has 1 aliphatic carbocycles. The van der Waals surface area contributed by atoms with Crippen LogP contribution in [0.4, 0.5) is 13.2 Å². The average Bonchev–Trinajstić information content (AvgIpc) is 2.96. The minimum absolute atomic E-state index is 0.0344. The lowest BCUT2D eigenvalue weighted by molar-refractivity contribution is -0.148. The van der Waals surface area contributed by atoms with Gasteiger partial charge in [0.15, 0.2) is 0 Å². The highest BCUT2D eigenvalue weighted by molar-refractivity contribution is 6.30. The third kappa shape index (κ3) is 1.98. The zero-order chi connectivity index (χ0) is 11.9. The Hall–Kier alpha value is -1.28. The smallest absolute Gasteiger partial charge is 0.239 e. The maximum atomic E-state index is 12.3. The molecule has 0 radical (unpaired) electrons. The van der Waals surface area contributed by atoms with Gasteiger partial charge in [0.2, 0.25) is 0 Å². The van der Waals surface area contributed by atoms with E-state index in [2.05, 4.69) is 4.98 Å². The summed E-state index contributed by atoms with van der Waals surface area (Å²) >= 11 is 5.65. The molecule has 1 aromatic rings. The van der Waals surface area contributed by atoms with Crippen molar-refractivity contribution in [2.24, 2.45) is 5.92 Å². The van der Waals surface area contributed by atoms with Crippen LogP contribution in [-0.4, -0.2) is 11.2 Å². The van der Waals surface area contributed by atoms with E-state index in [1.807, 2.05) is 0 Å². The van der Waals surface area contributed by atoms with Crippen LogP contribution in [0.3, 0.4) is 0 Å². The Morgan fingerprint density at radius 1 is 1.44 bits per heavy atom. The van der Waals surface area contributed by atoms with Crippen LogP contribution in [0.5, 0.6) is 0 Å². The summed E-state index contributed by atoms with van der Waals surface area (Å²) in [7, 11) is 0. The molecule has 84 valence electrons. The zero-order valence-corrected chi connectivity index (χ0v) is 8.68. The highest BCUT2D eigenvalue weighted by Crippen LogP contribution is 2.55. The Morgan fingerprint density at radius 2 is 2.12 bits per heavy atom. The van der Waals surface area contributed by atoms with Gasteiger partial charge in [0, 0.05) is 11.6 Å². The van der Waals surface area contributed by atoms with Crippen molar-refractivity contribution < 1.29 is 13.2 Å². The maximum Gasteiger partial charge on any atom is 0.392 e. The van der Waals surface area contributed by atoms with Crippen molar-refractivity contribution in [1.29, 1.82) is 5.26 Å². The molecule has 0 bridgehead atoms. The molecule has 6 heteroatoms. The van der Waals surface area contributed by atoms with Crippen molar-refractivity contribution in [3.05, 3.63) is 28.5 Å². The normalized spacial score (nSPS) is 23.9. The molecule has 0 aromatic carbocycles. The second kappa shape index (κ2) is 3.63. The molecule has 1 aromatic heterocycles. The summed E-state index contributed by atoms with van der Waals surface area (Å²) in [6, 6.07) is 4.64. The van der Waals surface area contributed by atoms with E-state index in [4.69, 9.17) is 16.9 Å². The number of hydrogen-bond donors (Lipinski definition) is 0. The SMILES string of the molecule is N#Cc1ccc([C@@H]2C[C@H]2C(F)(F)F)nc1Cl. The number of halogens is 4. The molecule has 16 heavy (non-hydrogen) atoms. The van der Waals surface area contributed by atoms with Gasteiger partial charge in [-0.3, -0.25) is 0 Å². The minimum atomic E-state index is -4.17. The second-order valence-corrected chi connectivity index (χ2v) is 4.03. The number of rotatable bonds is 1. The van der Waals surface area contributed by atoms with Gasteiger partial charge in [-0.05, 0) is 18.6 Å². The number of pyridine rings is 1. The van der Waals surface area contributed by atoms with Gasteiger partial charge in [-0.2, -0.15) is 18.4 Å². The molecule has 1 saturated carbocycles. The van der Waals surface area contributed by atoms with Gasteiger partial charge >= 0.3 is 6.18 Å². The van der Waals surface area contributed by atoms with E-state index in [0.29, 0.717) is 5.69 Å². The second-order valence-electron chi connectivity index (χ2n) is 3.68. The average molecular weight is 247 g/mol. The van der Waals surface area contributed by atoms with Gasteiger partial charge in [-0.25, -0.2) is 4.98 Å². The molecule has 0 aliphatic heterocycles. The van der Waals surface area contributed by atoms with Crippen LogP contribution in [0.25, 0.3) is 0 Å². The van der Waals surface area contributed by atoms with Crippen LogP contribution >= 0.6 is 11.6 Å². The van der Waals surface area contributed by atoms with E-state index < -0.39 is 18.0 Å². The first-order valence-electron chi connectivity index (χ1n) is 4.56. The van der Waals surface area contributed by atoms with Gasteiger partial charge in [-0.15, -0.1) is 0 Å². The minimum Gasteiger partial charge on any atom is -0.239 e. The van der Waals surface area contributed by atoms with E-state index in [-0.39, 0.29) is 17.1 Å². The summed E-state index contributed by atoms with van der Waals surface area (Å²) in [6.45, 7) is 0. The summed E-state index contributed by atoms with van der Waals surface area (Å²) in [5.74, 6) is -1.92. The topological polar surface area (TPSA) is 36.7 Å². The van der Waals surface area contributed by atoms with Gasteiger partial charge in [0.1, 0.15) is 11.2 Å². The van der Waals surface area contributed by atoms with Gasteiger partial charge in [-0.1, -0.05) is 11.6 Å². The van der Waals surface area contributed by atoms with Gasteiger partial charge in [0.25, 0.3) is 0 Å². The highest BCUT2D eigenvalue weighted by atomic mass is 35.5. The van der Waals surface area contributed by atoms with Crippen molar-refractivity contribution in [1.82, 2.24) is 4.98 Å². The number of nitriles is 1. The lowest BCUT2D eigenvalue weighted by atomic mass is 10.2. The first-order chi connectivity index (χ1) is 7.43. The molecule has 1 heterocycles. The number of alkyl halides is 3. The lowest BCUT2D eigenvalue weighted by Gasteiger charge is -2.05. The Kier molecular flexibility index (Phi) is 2.55. The highest BCUT2D eigenvalue weighted by Gasteiger charge is 2.56. The van der Waals surface area contributed by atoms with Crippen molar-refractivity contribution in [3.8, 4) is 6.07 Å². The molecule has 0 saturated heterocycles. The van der Waals surface area contributed by atoms with Crippen LogP contribution in [0.2, 0.25) is 5.15 Å². The molecule has 2 nitrogen and oxygen atoms in total. The van der Waals surface area contributed by atoms with E-state index in [1.54, 1.807) is 6.07 Å². The fourth-order valence-electron chi connectivity index (χ4n) is 1.62. The molecule has 2 rings (SSSR count). The van der Waals surface area contributed by atoms with Crippen molar-refractivity contribution >= 4 is 11.6 Å².